The molecule has 0 bridgehead atoms. The largest absolute Gasteiger partial charge is 0.312 e. The van der Waals surface area contributed by atoms with Crippen LogP contribution >= 0.6 is 36.2 Å². The number of nitrogens with one attached hydrogen (secondary N) is 2. The van der Waals surface area contributed by atoms with Gasteiger partial charge in [0.1, 0.15) is 4.70 Å². The van der Waals surface area contributed by atoms with E-state index < -0.39 is 0 Å². The molecule has 0 saturated heterocycles. The van der Waals surface area contributed by atoms with Gasteiger partial charge in [-0.05, 0) is 13.0 Å². The number of H-pyrrole nitrogens is 2. The van der Waals surface area contributed by atoms with Gasteiger partial charge in [0.25, 0.3) is 5.56 Å². The molecule has 3 aromatic rings. The van der Waals surface area contributed by atoms with E-state index in [0.29, 0.717) is 4.70 Å². The number of thiophene rings is 1. The van der Waals surface area contributed by atoms with Crippen LogP contribution < -0.4 is 5.56 Å². The Labute approximate surface area is 118 Å². The normalized spacial score (nSPS) is 9.83. The van der Waals surface area contributed by atoms with Crippen molar-refractivity contribution >= 4 is 46.4 Å². The van der Waals surface area contributed by atoms with Gasteiger partial charge in [0.15, 0.2) is 0 Å². The Morgan fingerprint density at radius 1 is 1.33 bits per heavy atom. The molecule has 8 heteroatoms. The number of hydrogen-bond donors (Lipinski definition) is 2. The van der Waals surface area contributed by atoms with Crippen LogP contribution in [0, 0.1) is 6.92 Å². The van der Waals surface area contributed by atoms with Gasteiger partial charge in [-0.15, -0.1) is 36.2 Å². The highest BCUT2D eigenvalue weighted by Gasteiger charge is 2.10. The van der Waals surface area contributed by atoms with E-state index in [-0.39, 0.29) is 30.4 Å². The molecule has 3 rings (SSSR count). The lowest BCUT2D eigenvalue weighted by Gasteiger charge is -1.90. The van der Waals surface area contributed by atoms with Crippen molar-refractivity contribution in [2.75, 3.05) is 0 Å². The van der Waals surface area contributed by atoms with Crippen LogP contribution in [0.25, 0.3) is 20.7 Å². The molecule has 0 aliphatic carbocycles. The highest BCUT2D eigenvalue weighted by Crippen LogP contribution is 2.31. The zero-order valence-electron chi connectivity index (χ0n) is 9.26. The summed E-state index contributed by atoms with van der Waals surface area (Å²) in [6.07, 6.45) is 3.18. The molecule has 0 aliphatic rings. The van der Waals surface area contributed by atoms with Crippen molar-refractivity contribution in [1.82, 2.24) is 20.2 Å². The van der Waals surface area contributed by atoms with Crippen molar-refractivity contribution in [3.8, 4) is 10.4 Å². The lowest BCUT2D eigenvalue weighted by Crippen LogP contribution is -2.02. The second-order valence-corrected chi connectivity index (χ2v) is 4.52. The third-order valence-corrected chi connectivity index (χ3v) is 3.57. The van der Waals surface area contributed by atoms with Crippen LogP contribution in [0.3, 0.4) is 0 Å². The summed E-state index contributed by atoms with van der Waals surface area (Å²) in [5.74, 6) is 0. The van der Waals surface area contributed by atoms with Crippen molar-refractivity contribution in [3.63, 3.8) is 0 Å². The summed E-state index contributed by atoms with van der Waals surface area (Å²) < 4.78 is 0.651. The van der Waals surface area contributed by atoms with Crippen molar-refractivity contribution < 1.29 is 0 Å². The summed E-state index contributed by atoms with van der Waals surface area (Å²) in [7, 11) is 0. The molecule has 18 heavy (non-hydrogen) atoms. The van der Waals surface area contributed by atoms with Crippen LogP contribution in [0.5, 0.6) is 0 Å². The monoisotopic (exact) mass is 304 g/mol. The van der Waals surface area contributed by atoms with Crippen molar-refractivity contribution in [2.45, 2.75) is 6.92 Å². The number of aryl methyl sites for hydroxylation is 1. The fraction of sp³-hybridized carbons (Fsp3) is 0.100. The van der Waals surface area contributed by atoms with E-state index in [1.807, 2.05) is 13.0 Å². The van der Waals surface area contributed by atoms with Crippen LogP contribution in [-0.2, 0) is 0 Å². The van der Waals surface area contributed by atoms with Crippen LogP contribution in [-0.4, -0.2) is 20.2 Å². The summed E-state index contributed by atoms with van der Waals surface area (Å²) in [4.78, 5) is 19.2. The molecule has 3 heterocycles. The molecule has 0 amide bonds. The Morgan fingerprint density at radius 2 is 2.11 bits per heavy atom. The second-order valence-electron chi connectivity index (χ2n) is 3.47. The third-order valence-electron chi connectivity index (χ3n) is 2.41. The van der Waals surface area contributed by atoms with Crippen molar-refractivity contribution in [2.24, 2.45) is 0 Å². The molecule has 3 aromatic heterocycles. The molecule has 0 unspecified atom stereocenters. The van der Waals surface area contributed by atoms with E-state index in [1.165, 1.54) is 17.7 Å². The van der Waals surface area contributed by atoms with Gasteiger partial charge in [-0.3, -0.25) is 9.89 Å². The maximum Gasteiger partial charge on any atom is 0.268 e. The summed E-state index contributed by atoms with van der Waals surface area (Å²) in [5, 5.41) is 6.84. The van der Waals surface area contributed by atoms with Gasteiger partial charge in [-0.2, -0.15) is 5.10 Å². The van der Waals surface area contributed by atoms with Crippen LogP contribution in [0.4, 0.5) is 0 Å². The van der Waals surface area contributed by atoms with Crippen LogP contribution in [0.1, 0.15) is 5.69 Å². The molecular weight excluding hydrogens is 295 g/mol. The van der Waals surface area contributed by atoms with E-state index >= 15 is 0 Å². The minimum atomic E-state index is -0.0950. The Bertz CT molecular complexity index is 718. The Kier molecular flexibility index (Phi) is 4.50. The van der Waals surface area contributed by atoms with Crippen LogP contribution in [0.2, 0.25) is 0 Å². The maximum absolute atomic E-state index is 11.5. The number of hydrogen-bond acceptors (Lipinski definition) is 4. The van der Waals surface area contributed by atoms with Gasteiger partial charge < -0.3 is 4.98 Å². The van der Waals surface area contributed by atoms with E-state index in [1.54, 1.807) is 6.20 Å². The zero-order chi connectivity index (χ0) is 11.1. The van der Waals surface area contributed by atoms with E-state index in [9.17, 15) is 4.79 Å². The molecule has 96 valence electrons. The molecule has 5 nitrogen and oxygen atoms in total. The molecule has 0 atom stereocenters. The minimum Gasteiger partial charge on any atom is -0.312 e. The SMILES string of the molecule is Cc1[nH]ncc1-c1cc2nc[nH]c(=O)c2s1.Cl.Cl. The van der Waals surface area contributed by atoms with Crippen LogP contribution in [0.15, 0.2) is 23.4 Å². The van der Waals surface area contributed by atoms with Crippen molar-refractivity contribution in [1.29, 1.82) is 0 Å². The Hall–Kier alpha value is -1.37. The van der Waals surface area contributed by atoms with E-state index in [4.69, 9.17) is 0 Å². The van der Waals surface area contributed by atoms with Gasteiger partial charge in [-0.1, -0.05) is 0 Å². The number of aromatic amines is 2. The van der Waals surface area contributed by atoms with Gasteiger partial charge in [0.2, 0.25) is 0 Å². The first-order valence-corrected chi connectivity index (χ1v) is 5.55. The van der Waals surface area contributed by atoms with Gasteiger partial charge in [0.05, 0.1) is 18.0 Å². The molecule has 0 aromatic carbocycles. The molecular formula is C10H10Cl2N4OS. The van der Waals surface area contributed by atoms with Crippen molar-refractivity contribution in [3.05, 3.63) is 34.6 Å². The van der Waals surface area contributed by atoms with E-state index in [0.717, 1.165) is 21.7 Å². The standard InChI is InChI=1S/C10H8N4OS.2ClH/c1-5-6(3-13-14-5)8-2-7-9(16-8)10(15)12-4-11-7;;/h2-4H,1H3,(H,13,14)(H,11,12,15);2*1H. The average molecular weight is 305 g/mol. The molecule has 0 aliphatic heterocycles. The first-order valence-electron chi connectivity index (χ1n) is 4.73. The zero-order valence-corrected chi connectivity index (χ0v) is 11.7. The second kappa shape index (κ2) is 5.51. The summed E-state index contributed by atoms with van der Waals surface area (Å²) >= 11 is 1.43. The summed E-state index contributed by atoms with van der Waals surface area (Å²) in [6, 6.07) is 1.91. The highest BCUT2D eigenvalue weighted by molar-refractivity contribution is 7.22. The van der Waals surface area contributed by atoms with E-state index in [2.05, 4.69) is 20.2 Å². The highest BCUT2D eigenvalue weighted by atomic mass is 35.5. The lowest BCUT2D eigenvalue weighted by molar-refractivity contribution is 1.05. The molecule has 0 spiro atoms. The summed E-state index contributed by atoms with van der Waals surface area (Å²) in [5.41, 5.74) is 2.64. The minimum absolute atomic E-state index is 0. The first-order chi connectivity index (χ1) is 7.75. The summed E-state index contributed by atoms with van der Waals surface area (Å²) in [6.45, 7) is 1.95. The maximum atomic E-state index is 11.5. The Morgan fingerprint density at radius 3 is 2.72 bits per heavy atom. The fourth-order valence-electron chi connectivity index (χ4n) is 1.60. The molecule has 0 fully saturated rings. The predicted molar refractivity (Wildman–Crippen MR) is 77.1 cm³/mol. The van der Waals surface area contributed by atoms with Gasteiger partial charge in [-0.25, -0.2) is 4.98 Å². The Balaban J connectivity index is 0.000000810. The first kappa shape index (κ1) is 14.7. The third kappa shape index (κ3) is 2.27. The molecule has 0 radical (unpaired) electrons. The number of fused-ring (bicyclic) bond motifs is 1. The molecule has 2 N–H and O–H groups in total. The number of nitrogens with zero attached hydrogens (tertiary/aromatic N) is 2. The topological polar surface area (TPSA) is 74.4 Å². The average Bonchev–Trinajstić information content (AvgIpc) is 2.84. The molecule has 0 saturated carbocycles. The lowest BCUT2D eigenvalue weighted by atomic mass is 10.2. The quantitative estimate of drug-likeness (QED) is 0.725. The number of rotatable bonds is 1. The van der Waals surface area contributed by atoms with Gasteiger partial charge >= 0.3 is 0 Å². The van der Waals surface area contributed by atoms with Gasteiger partial charge in [0, 0.05) is 16.1 Å². The number of halogens is 2. The fourth-order valence-corrected chi connectivity index (χ4v) is 2.67. The smallest absolute Gasteiger partial charge is 0.268 e. The number of aromatic nitrogens is 4. The predicted octanol–water partition coefficient (Wildman–Crippen LogP) is 2.53.